The molecule has 0 atom stereocenters. The third-order valence-corrected chi connectivity index (χ3v) is 23.0. The van der Waals surface area contributed by atoms with Gasteiger partial charge in [0.15, 0.2) is 0 Å². The van der Waals surface area contributed by atoms with E-state index in [0.717, 1.165) is 33.9 Å². The molecule has 0 N–H and O–H groups in total. The van der Waals surface area contributed by atoms with Crippen molar-refractivity contribution >= 4 is 52.8 Å². The average molecular weight is 815 g/mol. The average Bonchev–Trinajstić information content (AvgIpc) is 3.88. The molecule has 2 aliphatic rings. The van der Waals surface area contributed by atoms with Gasteiger partial charge >= 0.3 is 348 Å². The Labute approximate surface area is 346 Å². The number of rotatable bonds is 5. The van der Waals surface area contributed by atoms with Crippen LogP contribution in [-0.4, -0.2) is 27.8 Å². The van der Waals surface area contributed by atoms with Crippen LogP contribution in [0.15, 0.2) is 200 Å². The van der Waals surface area contributed by atoms with Crippen LogP contribution < -0.4 is 17.7 Å². The number of hydrogen-bond donors (Lipinski definition) is 0. The molecule has 2 aromatic heterocycles. The molecule has 1 aliphatic heterocycles. The maximum atomic E-state index is 5.95. The molecule has 0 saturated heterocycles. The normalized spacial score (nSPS) is 14.2. The Morgan fingerprint density at radius 3 is 1.81 bits per heavy atom. The van der Waals surface area contributed by atoms with Crippen molar-refractivity contribution in [1.29, 1.82) is 0 Å². The van der Waals surface area contributed by atoms with Crippen molar-refractivity contribution in [3.8, 4) is 50.6 Å². The number of fused-ring (bicyclic) bond motifs is 10. The quantitative estimate of drug-likeness (QED) is 0.162. The van der Waals surface area contributed by atoms with Crippen LogP contribution in [0.4, 0.5) is 0 Å². The van der Waals surface area contributed by atoms with Gasteiger partial charge in [-0.3, -0.25) is 0 Å². The standard InChI is InChI=1S/C55H39GeN3/c1-55(2)45-30-16-12-26-39(45)41-34-35-42-40-27-14-18-32-47(40)59(52(42)50(41)55)48-33-19-15-29-44(48)54-57-51(36-20-6-3-7-21-36)49-43-28-13-17-31-46(43)56(53(49)58-54,37-22-8-4-9-23-37)38-24-10-5-11-25-38/h3-35H,1-2H3. The van der Waals surface area contributed by atoms with Gasteiger partial charge in [-0.05, 0) is 0 Å². The third kappa shape index (κ3) is 4.71. The molecule has 59 heavy (non-hydrogen) atoms. The summed E-state index contributed by atoms with van der Waals surface area (Å²) in [5, 5.41) is 2.50. The van der Waals surface area contributed by atoms with Gasteiger partial charge < -0.3 is 0 Å². The van der Waals surface area contributed by atoms with Gasteiger partial charge in [0.05, 0.1) is 0 Å². The Hall–Kier alpha value is -6.82. The maximum absolute atomic E-state index is 5.95. The van der Waals surface area contributed by atoms with E-state index in [4.69, 9.17) is 9.97 Å². The molecule has 1 aliphatic carbocycles. The van der Waals surface area contributed by atoms with Crippen molar-refractivity contribution in [3.63, 3.8) is 0 Å². The number of benzene rings is 8. The van der Waals surface area contributed by atoms with Crippen LogP contribution in [0.25, 0.3) is 72.4 Å². The molecule has 3 nitrogen and oxygen atoms in total. The Morgan fingerprint density at radius 1 is 0.475 bits per heavy atom. The molecule has 12 rings (SSSR count). The summed E-state index contributed by atoms with van der Waals surface area (Å²) in [5.74, 6) is 0.744. The van der Waals surface area contributed by atoms with Gasteiger partial charge in [-0.2, -0.15) is 0 Å². The summed E-state index contributed by atoms with van der Waals surface area (Å²) in [6, 6.07) is 73.5. The molecular weight excluding hydrogens is 775 g/mol. The van der Waals surface area contributed by atoms with E-state index >= 15 is 0 Å². The first-order valence-corrected chi connectivity index (χ1v) is 24.7. The summed E-state index contributed by atoms with van der Waals surface area (Å²) < 4.78 is 7.82. The van der Waals surface area contributed by atoms with Crippen LogP contribution in [0, 0.1) is 0 Å². The number of para-hydroxylation sites is 2. The van der Waals surface area contributed by atoms with Gasteiger partial charge in [0, 0.05) is 0 Å². The molecule has 0 bridgehead atoms. The molecule has 278 valence electrons. The molecule has 0 spiro atoms. The number of nitrogens with zero attached hydrogens (tertiary/aromatic N) is 3. The van der Waals surface area contributed by atoms with Crippen LogP contribution in [0.3, 0.4) is 0 Å². The minimum absolute atomic E-state index is 0.207. The summed E-state index contributed by atoms with van der Waals surface area (Å²) in [6.07, 6.45) is 0. The molecule has 0 amide bonds. The van der Waals surface area contributed by atoms with E-state index in [-0.39, 0.29) is 5.41 Å². The summed E-state index contributed by atoms with van der Waals surface area (Å²) in [7, 11) is 0. The fourth-order valence-electron chi connectivity index (χ4n) is 10.6. The minimum atomic E-state index is -3.75. The monoisotopic (exact) mass is 815 g/mol. The number of aromatic nitrogens is 3. The third-order valence-electron chi connectivity index (χ3n) is 13.1. The van der Waals surface area contributed by atoms with E-state index in [9.17, 15) is 0 Å². The summed E-state index contributed by atoms with van der Waals surface area (Å²) in [5.41, 5.74) is 14.1. The SMILES string of the molecule is CC1(C)c2ccccc2-c2ccc3c4ccccc4n(-c4ccccc4-c4nc(-c5ccccc5)c5[c](n4)[Ge]([c]4ccccc4)([c]4ccccc4)[c]4ccccc4-5)c3c21. The van der Waals surface area contributed by atoms with Crippen LogP contribution in [0.1, 0.15) is 25.0 Å². The van der Waals surface area contributed by atoms with Gasteiger partial charge in [-0.1, -0.05) is 0 Å². The molecule has 3 heterocycles. The zero-order valence-electron chi connectivity index (χ0n) is 32.9. The zero-order valence-corrected chi connectivity index (χ0v) is 35.0. The van der Waals surface area contributed by atoms with Crippen LogP contribution in [-0.2, 0) is 5.41 Å². The van der Waals surface area contributed by atoms with Crippen LogP contribution >= 0.6 is 0 Å². The summed E-state index contributed by atoms with van der Waals surface area (Å²) >= 11 is -3.75. The van der Waals surface area contributed by atoms with Crippen LogP contribution in [0.5, 0.6) is 0 Å². The molecule has 0 saturated carbocycles. The predicted molar refractivity (Wildman–Crippen MR) is 247 cm³/mol. The summed E-state index contributed by atoms with van der Waals surface area (Å²) in [4.78, 5) is 11.7. The number of hydrogen-bond acceptors (Lipinski definition) is 2. The van der Waals surface area contributed by atoms with Gasteiger partial charge in [-0.15, -0.1) is 0 Å². The van der Waals surface area contributed by atoms with Crippen LogP contribution in [0.2, 0.25) is 0 Å². The molecule has 8 aromatic carbocycles. The zero-order chi connectivity index (χ0) is 39.3. The molecule has 0 unspecified atom stereocenters. The van der Waals surface area contributed by atoms with Crippen molar-refractivity contribution in [3.05, 3.63) is 211 Å². The first kappa shape index (κ1) is 34.2. The fraction of sp³-hybridized carbons (Fsp3) is 0.0545. The van der Waals surface area contributed by atoms with E-state index < -0.39 is 13.3 Å². The predicted octanol–water partition coefficient (Wildman–Crippen LogP) is 10.6. The van der Waals surface area contributed by atoms with E-state index in [0.29, 0.717) is 0 Å². The van der Waals surface area contributed by atoms with Crippen molar-refractivity contribution in [1.82, 2.24) is 14.5 Å². The molecule has 0 fully saturated rings. The van der Waals surface area contributed by atoms with Crippen molar-refractivity contribution in [2.75, 3.05) is 0 Å². The Kier molecular flexibility index (Phi) is 7.45. The van der Waals surface area contributed by atoms with Gasteiger partial charge in [0.2, 0.25) is 0 Å². The first-order chi connectivity index (χ1) is 29.1. The summed E-state index contributed by atoms with van der Waals surface area (Å²) in [6.45, 7) is 4.77. The first-order valence-electron chi connectivity index (χ1n) is 20.5. The van der Waals surface area contributed by atoms with Crippen molar-refractivity contribution < 1.29 is 0 Å². The topological polar surface area (TPSA) is 30.7 Å². The van der Waals surface area contributed by atoms with E-state index in [2.05, 4.69) is 219 Å². The van der Waals surface area contributed by atoms with Gasteiger partial charge in [0.25, 0.3) is 0 Å². The van der Waals surface area contributed by atoms with E-state index in [1.165, 1.54) is 67.3 Å². The second-order valence-corrected chi connectivity index (χ2v) is 24.1. The van der Waals surface area contributed by atoms with Crippen molar-refractivity contribution in [2.24, 2.45) is 0 Å². The second-order valence-electron chi connectivity index (χ2n) is 16.4. The van der Waals surface area contributed by atoms with Crippen molar-refractivity contribution in [2.45, 2.75) is 19.3 Å². The molecule has 10 aromatic rings. The van der Waals surface area contributed by atoms with E-state index in [1.807, 2.05) is 0 Å². The molecule has 0 radical (unpaired) electrons. The molecule has 4 heteroatoms. The van der Waals surface area contributed by atoms with E-state index in [1.54, 1.807) is 0 Å². The second kappa shape index (κ2) is 12.8. The van der Waals surface area contributed by atoms with Gasteiger partial charge in [0.1, 0.15) is 0 Å². The Balaban J connectivity index is 1.21. The Morgan fingerprint density at radius 2 is 1.07 bits per heavy atom. The fourth-order valence-corrected chi connectivity index (χ4v) is 21.1. The molecular formula is C55H39GeN3. The van der Waals surface area contributed by atoms with Gasteiger partial charge in [-0.25, -0.2) is 0 Å². The Bertz CT molecular complexity index is 3250.